The number of amides is 1. The van der Waals surface area contributed by atoms with Crippen LogP contribution >= 0.6 is 11.3 Å². The molecule has 1 aromatic heterocycles. The number of benzene rings is 1. The second-order valence-electron chi connectivity index (χ2n) is 13.4. The van der Waals surface area contributed by atoms with E-state index in [4.69, 9.17) is 9.16 Å². The van der Waals surface area contributed by atoms with Crippen molar-refractivity contribution in [2.75, 3.05) is 18.1 Å². The van der Waals surface area contributed by atoms with Crippen molar-refractivity contribution in [3.8, 4) is 10.4 Å². The molecule has 1 N–H and O–H groups in total. The minimum absolute atomic E-state index is 0.220. The van der Waals surface area contributed by atoms with Crippen LogP contribution in [0.4, 0.5) is 10.5 Å². The molecule has 0 saturated heterocycles. The largest absolute Gasteiger partial charge is 0.444 e. The summed E-state index contributed by atoms with van der Waals surface area (Å²) in [5.41, 5.74) is 5.93. The van der Waals surface area contributed by atoms with Gasteiger partial charge in [-0.1, -0.05) is 39.8 Å². The summed E-state index contributed by atoms with van der Waals surface area (Å²) in [6.07, 6.45) is 3.09. The van der Waals surface area contributed by atoms with E-state index < -0.39 is 13.9 Å². The number of ether oxygens (including phenoxy) is 1. The van der Waals surface area contributed by atoms with Crippen LogP contribution in [0.5, 0.6) is 0 Å². The molecule has 1 fully saturated rings. The molecule has 1 saturated carbocycles. The van der Waals surface area contributed by atoms with Crippen molar-refractivity contribution < 1.29 is 14.0 Å². The van der Waals surface area contributed by atoms with Gasteiger partial charge in [-0.15, -0.1) is 11.3 Å². The molecule has 1 aliphatic rings. The van der Waals surface area contributed by atoms with Crippen LogP contribution in [0, 0.1) is 12.8 Å². The van der Waals surface area contributed by atoms with Crippen LogP contribution < -0.4 is 10.2 Å². The number of carbonyl (C=O) groups excluding carboxylic acids is 1. The minimum Gasteiger partial charge on any atom is -0.444 e. The molecule has 1 aliphatic carbocycles. The summed E-state index contributed by atoms with van der Waals surface area (Å²) in [5, 5.41) is 3.20. The van der Waals surface area contributed by atoms with Crippen molar-refractivity contribution in [1.29, 1.82) is 0 Å². The van der Waals surface area contributed by atoms with Crippen molar-refractivity contribution in [2.45, 2.75) is 111 Å². The lowest BCUT2D eigenvalue weighted by molar-refractivity contribution is 0.0523. The molecule has 1 heterocycles. The van der Waals surface area contributed by atoms with E-state index in [9.17, 15) is 4.79 Å². The summed E-state index contributed by atoms with van der Waals surface area (Å²) in [6, 6.07) is 7.14. The Labute approximate surface area is 235 Å². The zero-order chi connectivity index (χ0) is 28.3. The molecule has 38 heavy (non-hydrogen) atoms. The molecular formula is C30H49N3O3SSi. The number of alkyl carbamates (subject to hydrolysis) is 1. The molecule has 0 aliphatic heterocycles. The zero-order valence-corrected chi connectivity index (χ0v) is 27.1. The van der Waals surface area contributed by atoms with Gasteiger partial charge in [0, 0.05) is 31.4 Å². The Balaban J connectivity index is 1.79. The lowest BCUT2D eigenvalue weighted by Crippen LogP contribution is -2.42. The lowest BCUT2D eigenvalue weighted by Gasteiger charge is -2.37. The van der Waals surface area contributed by atoms with Crippen LogP contribution in [0.1, 0.15) is 79.0 Å². The third-order valence-corrected chi connectivity index (χ3v) is 13.1. The second-order valence-corrected chi connectivity index (χ2v) is 19.0. The third-order valence-electron chi connectivity index (χ3n) is 7.61. The number of thiazole rings is 1. The van der Waals surface area contributed by atoms with E-state index in [1.54, 1.807) is 11.3 Å². The van der Waals surface area contributed by atoms with Gasteiger partial charge in [-0.3, -0.25) is 0 Å². The highest BCUT2D eigenvalue weighted by molar-refractivity contribution is 7.13. The zero-order valence-electron chi connectivity index (χ0n) is 25.2. The van der Waals surface area contributed by atoms with Crippen LogP contribution in [0.3, 0.4) is 0 Å². The number of nitrogens with one attached hydrogen (secondary N) is 1. The molecule has 212 valence electrons. The molecule has 0 spiro atoms. The van der Waals surface area contributed by atoms with Crippen molar-refractivity contribution >= 4 is 31.4 Å². The SMILES string of the molecule is Cc1ncsc1-c1ccc(CNC(=O)OC(C)(C)C)c(N(CCC(C)CO[Si](C)(C)C(C)(C)C)C2CC2)c1. The van der Waals surface area contributed by atoms with E-state index in [-0.39, 0.29) is 11.1 Å². The van der Waals surface area contributed by atoms with E-state index in [0.717, 1.165) is 30.8 Å². The first-order chi connectivity index (χ1) is 17.6. The van der Waals surface area contributed by atoms with Gasteiger partial charge >= 0.3 is 6.09 Å². The molecule has 2 aromatic rings. The molecule has 1 atom stereocenters. The van der Waals surface area contributed by atoms with Gasteiger partial charge in [0.15, 0.2) is 8.32 Å². The van der Waals surface area contributed by atoms with E-state index in [0.29, 0.717) is 18.5 Å². The van der Waals surface area contributed by atoms with Crippen molar-refractivity contribution in [3.05, 3.63) is 35.0 Å². The summed E-state index contributed by atoms with van der Waals surface area (Å²) in [5.74, 6) is 0.473. The molecule has 3 rings (SSSR count). The minimum atomic E-state index is -1.76. The van der Waals surface area contributed by atoms with E-state index in [1.807, 2.05) is 26.3 Å². The number of rotatable bonds is 11. The van der Waals surface area contributed by atoms with Gasteiger partial charge in [-0.2, -0.15) is 0 Å². The van der Waals surface area contributed by atoms with Gasteiger partial charge in [0.1, 0.15) is 5.60 Å². The van der Waals surface area contributed by atoms with Gasteiger partial charge in [0.05, 0.1) is 16.1 Å². The molecule has 0 radical (unpaired) electrons. The Morgan fingerprint density at radius 3 is 2.45 bits per heavy atom. The highest BCUT2D eigenvalue weighted by atomic mass is 32.1. The van der Waals surface area contributed by atoms with Gasteiger partial charge in [0.2, 0.25) is 0 Å². The van der Waals surface area contributed by atoms with E-state index in [1.165, 1.54) is 29.0 Å². The second kappa shape index (κ2) is 12.1. The summed E-state index contributed by atoms with van der Waals surface area (Å²) < 4.78 is 12.0. The Bertz CT molecular complexity index is 1080. The summed E-state index contributed by atoms with van der Waals surface area (Å²) in [7, 11) is -1.76. The average Bonchev–Trinajstić information content (AvgIpc) is 3.54. The maximum Gasteiger partial charge on any atom is 0.407 e. The van der Waals surface area contributed by atoms with E-state index >= 15 is 0 Å². The normalized spacial score (nSPS) is 15.3. The van der Waals surface area contributed by atoms with Crippen LogP contribution in [0.15, 0.2) is 23.7 Å². The van der Waals surface area contributed by atoms with Crippen LogP contribution in [0.2, 0.25) is 18.1 Å². The topological polar surface area (TPSA) is 63.7 Å². The van der Waals surface area contributed by atoms with Gasteiger partial charge in [-0.05, 0) is 88.2 Å². The van der Waals surface area contributed by atoms with Crippen LogP contribution in [-0.2, 0) is 15.7 Å². The van der Waals surface area contributed by atoms with Gasteiger partial charge < -0.3 is 19.4 Å². The first-order valence-electron chi connectivity index (χ1n) is 14.0. The van der Waals surface area contributed by atoms with Gasteiger partial charge in [-0.25, -0.2) is 9.78 Å². The number of hydrogen-bond donors (Lipinski definition) is 1. The highest BCUT2D eigenvalue weighted by Gasteiger charge is 2.37. The molecule has 1 amide bonds. The summed E-state index contributed by atoms with van der Waals surface area (Å²) in [6.45, 7) is 23.8. The maximum absolute atomic E-state index is 12.4. The smallest absolute Gasteiger partial charge is 0.407 e. The average molecular weight is 560 g/mol. The number of aromatic nitrogens is 1. The Morgan fingerprint density at radius 2 is 1.89 bits per heavy atom. The fraction of sp³-hybridized carbons (Fsp3) is 0.667. The first kappa shape index (κ1) is 30.6. The van der Waals surface area contributed by atoms with E-state index in [2.05, 4.69) is 81.1 Å². The van der Waals surface area contributed by atoms with Crippen molar-refractivity contribution in [3.63, 3.8) is 0 Å². The van der Waals surface area contributed by atoms with Crippen molar-refractivity contribution in [2.24, 2.45) is 5.92 Å². The number of hydrogen-bond acceptors (Lipinski definition) is 6. The Hall–Kier alpha value is -1.90. The number of anilines is 1. The molecule has 6 nitrogen and oxygen atoms in total. The van der Waals surface area contributed by atoms with Crippen LogP contribution in [-0.4, -0.2) is 44.2 Å². The molecular weight excluding hydrogens is 511 g/mol. The fourth-order valence-corrected chi connectivity index (χ4v) is 6.02. The number of aryl methyl sites for hydroxylation is 1. The number of carbonyl (C=O) groups is 1. The molecule has 0 bridgehead atoms. The quantitative estimate of drug-likeness (QED) is 0.281. The predicted molar refractivity (Wildman–Crippen MR) is 163 cm³/mol. The van der Waals surface area contributed by atoms with Crippen molar-refractivity contribution in [1.82, 2.24) is 10.3 Å². The monoisotopic (exact) mass is 559 g/mol. The number of nitrogens with zero attached hydrogens (tertiary/aromatic N) is 2. The van der Waals surface area contributed by atoms with Gasteiger partial charge in [0.25, 0.3) is 0 Å². The third kappa shape index (κ3) is 8.55. The van der Waals surface area contributed by atoms with Crippen LogP contribution in [0.25, 0.3) is 10.4 Å². The molecule has 8 heteroatoms. The summed E-state index contributed by atoms with van der Waals surface area (Å²) in [4.78, 5) is 20.7. The predicted octanol–water partition coefficient (Wildman–Crippen LogP) is 8.16. The Morgan fingerprint density at radius 1 is 1.21 bits per heavy atom. The molecule has 1 unspecified atom stereocenters. The lowest BCUT2D eigenvalue weighted by atomic mass is 10.0. The first-order valence-corrected chi connectivity index (χ1v) is 17.8. The highest BCUT2D eigenvalue weighted by Crippen LogP contribution is 2.39. The maximum atomic E-state index is 12.4. The summed E-state index contributed by atoms with van der Waals surface area (Å²) >= 11 is 1.67. The molecule has 1 aromatic carbocycles. The fourth-order valence-electron chi connectivity index (χ4n) is 4.08. The Kier molecular flexibility index (Phi) is 9.75. The standard InChI is InChI=1S/C30H49N3O3SSi/c1-21(19-35-38(9,10)30(6,7)8)15-16-33(25-13-14-25)26-17-23(27-22(2)32-20-37-27)11-12-24(26)18-31-28(34)36-29(3,4)5/h11-12,17,20-21,25H,13-16,18-19H2,1-10H3,(H,31,34).